The summed E-state index contributed by atoms with van der Waals surface area (Å²) in [4.78, 5) is 35.4. The Morgan fingerprint density at radius 1 is 1.19 bits per heavy atom. The Morgan fingerprint density at radius 2 is 2.00 bits per heavy atom. The minimum absolute atomic E-state index is 0.0383. The van der Waals surface area contributed by atoms with E-state index >= 15 is 0 Å². The Labute approximate surface area is 155 Å². The second kappa shape index (κ2) is 9.09. The van der Waals surface area contributed by atoms with Crippen LogP contribution in [0.4, 0.5) is 5.69 Å². The number of piperazine rings is 1. The Bertz CT molecular complexity index is 601. The minimum atomic E-state index is -0.0383. The molecule has 0 unspecified atom stereocenters. The molecule has 2 amide bonds. The quantitative estimate of drug-likeness (QED) is 0.846. The van der Waals surface area contributed by atoms with Crippen molar-refractivity contribution in [3.05, 3.63) is 24.5 Å². The molecule has 1 aromatic rings. The van der Waals surface area contributed by atoms with E-state index in [1.54, 1.807) is 18.5 Å². The lowest BCUT2D eigenvalue weighted by atomic mass is 9.96. The summed E-state index contributed by atoms with van der Waals surface area (Å²) in [6.45, 7) is 8.44. The van der Waals surface area contributed by atoms with Gasteiger partial charge in [-0.15, -0.1) is 0 Å². The predicted octanol–water partition coefficient (Wildman–Crippen LogP) is 0.896. The number of hydrogen-bond donors (Lipinski definition) is 1. The van der Waals surface area contributed by atoms with E-state index in [2.05, 4.69) is 27.0 Å². The van der Waals surface area contributed by atoms with Gasteiger partial charge in [-0.25, -0.2) is 0 Å². The second-order valence-corrected chi connectivity index (χ2v) is 7.12. The van der Waals surface area contributed by atoms with Crippen molar-refractivity contribution in [3.63, 3.8) is 0 Å². The number of amides is 2. The number of hydrogen-bond acceptors (Lipinski definition) is 5. The maximum absolute atomic E-state index is 12.8. The van der Waals surface area contributed by atoms with E-state index in [0.717, 1.165) is 45.6 Å². The summed E-state index contributed by atoms with van der Waals surface area (Å²) in [5.41, 5.74) is 0.712. The zero-order chi connectivity index (χ0) is 18.4. The highest BCUT2D eigenvalue weighted by atomic mass is 16.2. The van der Waals surface area contributed by atoms with E-state index in [1.807, 2.05) is 11.0 Å². The number of rotatable bonds is 5. The molecule has 26 heavy (non-hydrogen) atoms. The van der Waals surface area contributed by atoms with Crippen LogP contribution in [-0.2, 0) is 9.59 Å². The number of nitrogens with one attached hydrogen (secondary N) is 1. The Kier molecular flexibility index (Phi) is 6.57. The molecule has 7 heteroatoms. The van der Waals surface area contributed by atoms with Crippen molar-refractivity contribution >= 4 is 17.5 Å². The van der Waals surface area contributed by atoms with E-state index in [1.165, 1.54) is 0 Å². The monoisotopic (exact) mass is 359 g/mol. The SMILES string of the molecule is CCN1CCC[C@H](C(=O)N2CCN(CC(=O)Nc3cccnc3)CC2)C1. The molecule has 1 N–H and O–H groups in total. The molecule has 2 aliphatic rings. The minimum Gasteiger partial charge on any atom is -0.340 e. The van der Waals surface area contributed by atoms with Gasteiger partial charge in [0.1, 0.15) is 0 Å². The largest absolute Gasteiger partial charge is 0.340 e. The van der Waals surface area contributed by atoms with Gasteiger partial charge < -0.3 is 15.1 Å². The van der Waals surface area contributed by atoms with Gasteiger partial charge in [-0.2, -0.15) is 0 Å². The molecular weight excluding hydrogens is 330 g/mol. The van der Waals surface area contributed by atoms with Crippen LogP contribution in [0.15, 0.2) is 24.5 Å². The molecule has 3 rings (SSSR count). The van der Waals surface area contributed by atoms with Gasteiger partial charge in [-0.3, -0.25) is 19.5 Å². The fourth-order valence-corrected chi connectivity index (χ4v) is 3.77. The van der Waals surface area contributed by atoms with E-state index in [0.29, 0.717) is 31.2 Å². The first kappa shape index (κ1) is 18.8. The van der Waals surface area contributed by atoms with Gasteiger partial charge in [0.05, 0.1) is 24.3 Å². The zero-order valence-electron chi connectivity index (χ0n) is 15.6. The number of nitrogens with zero attached hydrogens (tertiary/aromatic N) is 4. The summed E-state index contributed by atoms with van der Waals surface area (Å²) in [7, 11) is 0. The Hall–Kier alpha value is -1.99. The molecule has 0 aliphatic carbocycles. The van der Waals surface area contributed by atoms with Gasteiger partial charge in [-0.05, 0) is 38.1 Å². The first-order valence-corrected chi connectivity index (χ1v) is 9.59. The maximum Gasteiger partial charge on any atom is 0.238 e. The molecule has 0 saturated carbocycles. The topological polar surface area (TPSA) is 68.8 Å². The van der Waals surface area contributed by atoms with Crippen LogP contribution in [-0.4, -0.2) is 83.9 Å². The first-order valence-electron chi connectivity index (χ1n) is 9.59. The molecule has 1 atom stereocenters. The van der Waals surface area contributed by atoms with Crippen molar-refractivity contribution in [3.8, 4) is 0 Å². The van der Waals surface area contributed by atoms with Gasteiger partial charge >= 0.3 is 0 Å². The molecule has 0 radical (unpaired) electrons. The Balaban J connectivity index is 1.42. The average Bonchev–Trinajstić information content (AvgIpc) is 2.69. The number of piperidine rings is 1. The van der Waals surface area contributed by atoms with Gasteiger partial charge in [0.2, 0.25) is 11.8 Å². The van der Waals surface area contributed by atoms with Crippen LogP contribution < -0.4 is 5.32 Å². The zero-order valence-corrected chi connectivity index (χ0v) is 15.6. The van der Waals surface area contributed by atoms with E-state index < -0.39 is 0 Å². The van der Waals surface area contributed by atoms with Gasteiger partial charge in [0, 0.05) is 38.9 Å². The van der Waals surface area contributed by atoms with Crippen molar-refractivity contribution in [1.82, 2.24) is 19.7 Å². The summed E-state index contributed by atoms with van der Waals surface area (Å²) < 4.78 is 0. The average molecular weight is 359 g/mol. The summed E-state index contributed by atoms with van der Waals surface area (Å²) in [5.74, 6) is 0.399. The van der Waals surface area contributed by atoms with Crippen molar-refractivity contribution in [1.29, 1.82) is 0 Å². The third-order valence-electron chi connectivity index (χ3n) is 5.30. The molecule has 3 heterocycles. The summed E-state index contributed by atoms with van der Waals surface area (Å²) >= 11 is 0. The van der Waals surface area contributed by atoms with Crippen LogP contribution in [0.1, 0.15) is 19.8 Å². The van der Waals surface area contributed by atoms with Gasteiger partial charge in [0.15, 0.2) is 0 Å². The summed E-state index contributed by atoms with van der Waals surface area (Å²) in [5, 5.41) is 2.86. The highest BCUT2D eigenvalue weighted by Crippen LogP contribution is 2.19. The summed E-state index contributed by atoms with van der Waals surface area (Å²) in [6.07, 6.45) is 5.43. The lowest BCUT2D eigenvalue weighted by Crippen LogP contribution is -2.53. The van der Waals surface area contributed by atoms with Crippen LogP contribution >= 0.6 is 0 Å². The van der Waals surface area contributed by atoms with E-state index in [-0.39, 0.29) is 11.8 Å². The van der Waals surface area contributed by atoms with Crippen molar-refractivity contribution < 1.29 is 9.59 Å². The molecule has 7 nitrogen and oxygen atoms in total. The molecule has 0 bridgehead atoms. The third kappa shape index (κ3) is 5.02. The number of likely N-dealkylation sites (tertiary alicyclic amines) is 1. The fourth-order valence-electron chi connectivity index (χ4n) is 3.77. The van der Waals surface area contributed by atoms with Gasteiger partial charge in [-0.1, -0.05) is 6.92 Å². The van der Waals surface area contributed by atoms with Crippen molar-refractivity contribution in [2.24, 2.45) is 5.92 Å². The summed E-state index contributed by atoms with van der Waals surface area (Å²) in [6, 6.07) is 3.62. The van der Waals surface area contributed by atoms with Crippen molar-refractivity contribution in [2.45, 2.75) is 19.8 Å². The normalized spacial score (nSPS) is 22.2. The maximum atomic E-state index is 12.8. The number of carbonyl (C=O) groups is 2. The number of anilines is 1. The van der Waals surface area contributed by atoms with Gasteiger partial charge in [0.25, 0.3) is 0 Å². The highest BCUT2D eigenvalue weighted by Gasteiger charge is 2.30. The van der Waals surface area contributed by atoms with Crippen LogP contribution in [0.25, 0.3) is 0 Å². The molecule has 0 spiro atoms. The molecule has 2 saturated heterocycles. The Morgan fingerprint density at radius 3 is 2.69 bits per heavy atom. The van der Waals surface area contributed by atoms with Crippen LogP contribution in [0, 0.1) is 5.92 Å². The molecular formula is C19H29N5O2. The standard InChI is InChI=1S/C19H29N5O2/c1-2-22-8-4-5-16(14-22)19(26)24-11-9-23(10-12-24)15-18(25)21-17-6-3-7-20-13-17/h3,6-7,13,16H,2,4-5,8-12,14-15H2,1H3,(H,21,25)/t16-/m0/s1. The molecule has 2 fully saturated rings. The third-order valence-corrected chi connectivity index (χ3v) is 5.30. The second-order valence-electron chi connectivity index (χ2n) is 7.12. The van der Waals surface area contributed by atoms with Crippen LogP contribution in [0.2, 0.25) is 0 Å². The van der Waals surface area contributed by atoms with Crippen LogP contribution in [0.3, 0.4) is 0 Å². The molecule has 2 aliphatic heterocycles. The lowest BCUT2D eigenvalue weighted by Gasteiger charge is -2.38. The number of pyridine rings is 1. The van der Waals surface area contributed by atoms with Crippen molar-refractivity contribution in [2.75, 3.05) is 57.7 Å². The molecule has 1 aromatic heterocycles. The number of aromatic nitrogens is 1. The molecule has 142 valence electrons. The fraction of sp³-hybridized carbons (Fsp3) is 0.632. The highest BCUT2D eigenvalue weighted by molar-refractivity contribution is 5.92. The number of carbonyl (C=O) groups excluding carboxylic acids is 2. The first-order chi connectivity index (χ1) is 12.7. The predicted molar refractivity (Wildman–Crippen MR) is 101 cm³/mol. The van der Waals surface area contributed by atoms with Crippen LogP contribution in [0.5, 0.6) is 0 Å². The molecule has 0 aromatic carbocycles. The van der Waals surface area contributed by atoms with E-state index in [4.69, 9.17) is 0 Å². The van der Waals surface area contributed by atoms with E-state index in [9.17, 15) is 9.59 Å². The smallest absolute Gasteiger partial charge is 0.238 e. The lowest BCUT2D eigenvalue weighted by molar-refractivity contribution is -0.139.